The fourth-order valence-corrected chi connectivity index (χ4v) is 5.42. The van der Waals surface area contributed by atoms with Gasteiger partial charge in [0.1, 0.15) is 5.75 Å². The minimum atomic E-state index is -0.0316. The van der Waals surface area contributed by atoms with Gasteiger partial charge in [0, 0.05) is 32.8 Å². The first-order chi connectivity index (χ1) is 15.5. The lowest BCUT2D eigenvalue weighted by atomic mass is 9.83. The molecule has 0 unspecified atom stereocenters. The zero-order chi connectivity index (χ0) is 22.9. The maximum Gasteiger partial charge on any atom is 0.317 e. The predicted molar refractivity (Wildman–Crippen MR) is 129 cm³/mol. The standard InChI is InChI=1S/C26H43N3O3/c1-20(2)25(21-11-13-23(32-4)14-12-21)27-26(30)29(17-8-18-31-3)19-22-9-7-16-28-15-6-5-10-24(22)28/h11-14,20,22,24-25H,5-10,15-19H2,1-4H3,(H,27,30)/t22-,24+,25-/m0/s1. The van der Waals surface area contributed by atoms with Crippen LogP contribution < -0.4 is 10.1 Å². The number of fused-ring (bicyclic) bond motifs is 1. The molecule has 6 nitrogen and oxygen atoms in total. The highest BCUT2D eigenvalue weighted by atomic mass is 16.5. The van der Waals surface area contributed by atoms with Crippen molar-refractivity contribution in [1.29, 1.82) is 0 Å². The first-order valence-electron chi connectivity index (χ1n) is 12.5. The Morgan fingerprint density at radius 1 is 1.12 bits per heavy atom. The van der Waals surface area contributed by atoms with E-state index >= 15 is 0 Å². The second-order valence-electron chi connectivity index (χ2n) is 9.74. The molecule has 3 rings (SSSR count). The minimum Gasteiger partial charge on any atom is -0.497 e. The highest BCUT2D eigenvalue weighted by Crippen LogP contribution is 2.32. The predicted octanol–water partition coefficient (Wildman–Crippen LogP) is 4.70. The van der Waals surface area contributed by atoms with E-state index in [2.05, 4.69) is 41.1 Å². The van der Waals surface area contributed by atoms with E-state index in [4.69, 9.17) is 9.47 Å². The van der Waals surface area contributed by atoms with E-state index < -0.39 is 0 Å². The number of piperidine rings is 2. The fourth-order valence-electron chi connectivity index (χ4n) is 5.42. The molecule has 2 fully saturated rings. The van der Waals surface area contributed by atoms with Gasteiger partial charge in [-0.2, -0.15) is 0 Å². The number of benzene rings is 1. The number of nitrogens with zero attached hydrogens (tertiary/aromatic N) is 2. The monoisotopic (exact) mass is 445 g/mol. The van der Waals surface area contributed by atoms with E-state index in [0.717, 1.165) is 30.8 Å². The van der Waals surface area contributed by atoms with Gasteiger partial charge in [-0.25, -0.2) is 4.79 Å². The van der Waals surface area contributed by atoms with Crippen molar-refractivity contribution in [2.24, 2.45) is 11.8 Å². The number of nitrogens with one attached hydrogen (secondary N) is 1. The van der Waals surface area contributed by atoms with Gasteiger partial charge in [-0.05, 0) is 74.7 Å². The van der Waals surface area contributed by atoms with Gasteiger partial charge in [0.2, 0.25) is 0 Å². The molecule has 0 aliphatic carbocycles. The van der Waals surface area contributed by atoms with Gasteiger partial charge in [-0.1, -0.05) is 32.4 Å². The first kappa shape index (κ1) is 24.8. The first-order valence-corrected chi connectivity index (χ1v) is 12.5. The van der Waals surface area contributed by atoms with E-state index in [1.807, 2.05) is 12.1 Å². The van der Waals surface area contributed by atoms with E-state index in [9.17, 15) is 4.79 Å². The average Bonchev–Trinajstić information content (AvgIpc) is 2.82. The van der Waals surface area contributed by atoms with Crippen molar-refractivity contribution in [3.63, 3.8) is 0 Å². The third-order valence-corrected chi connectivity index (χ3v) is 7.17. The van der Waals surface area contributed by atoms with E-state index in [1.54, 1.807) is 14.2 Å². The topological polar surface area (TPSA) is 54.0 Å². The molecule has 1 aromatic rings. The molecule has 2 aliphatic heterocycles. The van der Waals surface area contributed by atoms with Crippen molar-refractivity contribution in [2.45, 2.75) is 64.5 Å². The SMILES string of the molecule is COCCCN(C[C@@H]1CCCN2CCCC[C@H]12)C(=O)N[C@H](c1ccc(OC)cc1)C(C)C. The number of carbonyl (C=O) groups is 1. The van der Waals surface area contributed by atoms with E-state index in [0.29, 0.717) is 18.6 Å². The Morgan fingerprint density at radius 2 is 1.88 bits per heavy atom. The number of urea groups is 1. The molecule has 2 saturated heterocycles. The lowest BCUT2D eigenvalue weighted by molar-refractivity contribution is 0.0442. The quantitative estimate of drug-likeness (QED) is 0.530. The van der Waals surface area contributed by atoms with Gasteiger partial charge in [-0.15, -0.1) is 0 Å². The van der Waals surface area contributed by atoms with Gasteiger partial charge in [0.25, 0.3) is 0 Å². The van der Waals surface area contributed by atoms with Crippen LogP contribution in [0.25, 0.3) is 0 Å². The van der Waals surface area contributed by atoms with Crippen molar-refractivity contribution in [1.82, 2.24) is 15.1 Å². The van der Waals surface area contributed by atoms with Crippen LogP contribution >= 0.6 is 0 Å². The largest absolute Gasteiger partial charge is 0.497 e. The Morgan fingerprint density at radius 3 is 2.56 bits per heavy atom. The summed E-state index contributed by atoms with van der Waals surface area (Å²) in [7, 11) is 3.40. The van der Waals surface area contributed by atoms with Crippen molar-refractivity contribution in [3.8, 4) is 5.75 Å². The van der Waals surface area contributed by atoms with E-state index in [1.165, 1.54) is 45.2 Å². The van der Waals surface area contributed by atoms with Crippen LogP contribution in [0.5, 0.6) is 5.75 Å². The molecule has 180 valence electrons. The fraction of sp³-hybridized carbons (Fsp3) is 0.731. The molecule has 2 amide bonds. The summed E-state index contributed by atoms with van der Waals surface area (Å²) >= 11 is 0. The summed E-state index contributed by atoms with van der Waals surface area (Å²) in [4.78, 5) is 18.3. The average molecular weight is 446 g/mol. The second kappa shape index (κ2) is 12.4. The zero-order valence-corrected chi connectivity index (χ0v) is 20.5. The lowest BCUT2D eigenvalue weighted by Gasteiger charge is -2.45. The lowest BCUT2D eigenvalue weighted by Crippen LogP contribution is -2.53. The number of hydrogen-bond donors (Lipinski definition) is 1. The Kier molecular flexibility index (Phi) is 9.67. The minimum absolute atomic E-state index is 0.0316. The molecular formula is C26H43N3O3. The van der Waals surface area contributed by atoms with Crippen LogP contribution in [-0.4, -0.2) is 68.9 Å². The number of amides is 2. The maximum atomic E-state index is 13.5. The summed E-state index contributed by atoms with van der Waals surface area (Å²) in [5.74, 6) is 1.69. The Labute approximate surface area is 194 Å². The summed E-state index contributed by atoms with van der Waals surface area (Å²) in [6, 6.07) is 8.69. The molecule has 2 heterocycles. The highest BCUT2D eigenvalue weighted by Gasteiger charge is 2.35. The van der Waals surface area contributed by atoms with Gasteiger partial charge in [0.05, 0.1) is 13.2 Å². The highest BCUT2D eigenvalue weighted by molar-refractivity contribution is 5.74. The number of methoxy groups -OCH3 is 2. The maximum absolute atomic E-state index is 13.5. The van der Waals surface area contributed by atoms with Crippen molar-refractivity contribution < 1.29 is 14.3 Å². The summed E-state index contributed by atoms with van der Waals surface area (Å²) in [5.41, 5.74) is 1.11. The van der Waals surface area contributed by atoms with Crippen LogP contribution in [0.15, 0.2) is 24.3 Å². The summed E-state index contributed by atoms with van der Waals surface area (Å²) in [6.07, 6.45) is 7.24. The number of ether oxygens (including phenoxy) is 2. The number of carbonyl (C=O) groups excluding carboxylic acids is 1. The summed E-state index contributed by atoms with van der Waals surface area (Å²) in [6.45, 7) is 9.02. The molecule has 1 N–H and O–H groups in total. The molecule has 0 saturated carbocycles. The van der Waals surface area contributed by atoms with Gasteiger partial charge in [-0.3, -0.25) is 0 Å². The molecule has 0 radical (unpaired) electrons. The molecule has 6 heteroatoms. The van der Waals surface area contributed by atoms with Crippen molar-refractivity contribution >= 4 is 6.03 Å². The molecular weight excluding hydrogens is 402 g/mol. The molecule has 3 atom stereocenters. The normalized spacial score (nSPS) is 22.3. The third-order valence-electron chi connectivity index (χ3n) is 7.17. The molecule has 0 bridgehead atoms. The molecule has 0 spiro atoms. The van der Waals surface area contributed by atoms with Crippen LogP contribution in [0.2, 0.25) is 0 Å². The number of rotatable bonds is 10. The number of hydrogen-bond acceptors (Lipinski definition) is 4. The van der Waals surface area contributed by atoms with Gasteiger partial charge >= 0.3 is 6.03 Å². The van der Waals surface area contributed by atoms with Crippen LogP contribution in [0.3, 0.4) is 0 Å². The molecule has 0 aromatic heterocycles. The zero-order valence-electron chi connectivity index (χ0n) is 20.5. The summed E-state index contributed by atoms with van der Waals surface area (Å²) in [5, 5.41) is 3.35. The molecule has 32 heavy (non-hydrogen) atoms. The van der Waals surface area contributed by atoms with Crippen LogP contribution in [0.1, 0.15) is 64.0 Å². The molecule has 1 aromatic carbocycles. The smallest absolute Gasteiger partial charge is 0.317 e. The Hall–Kier alpha value is -1.79. The van der Waals surface area contributed by atoms with Crippen LogP contribution in [-0.2, 0) is 4.74 Å². The Balaban J connectivity index is 1.70. The van der Waals surface area contributed by atoms with Gasteiger partial charge in [0.15, 0.2) is 0 Å². The third kappa shape index (κ3) is 6.61. The van der Waals surface area contributed by atoms with Crippen molar-refractivity contribution in [2.75, 3.05) is 47.0 Å². The van der Waals surface area contributed by atoms with E-state index in [-0.39, 0.29) is 18.0 Å². The Bertz CT molecular complexity index is 692. The van der Waals surface area contributed by atoms with Crippen molar-refractivity contribution in [3.05, 3.63) is 29.8 Å². The summed E-state index contributed by atoms with van der Waals surface area (Å²) < 4.78 is 10.6. The van der Waals surface area contributed by atoms with Crippen LogP contribution in [0.4, 0.5) is 4.79 Å². The van der Waals surface area contributed by atoms with Gasteiger partial charge < -0.3 is 24.6 Å². The van der Waals surface area contributed by atoms with Crippen LogP contribution in [0, 0.1) is 11.8 Å². The second-order valence-corrected chi connectivity index (χ2v) is 9.74. The molecule has 2 aliphatic rings.